The molecule has 5 unspecified atom stereocenters. The van der Waals surface area contributed by atoms with Crippen molar-refractivity contribution in [1.82, 2.24) is 60.0 Å². The average molecular weight is 1020 g/mol. The Morgan fingerprint density at radius 3 is 1.74 bits per heavy atom. The van der Waals surface area contributed by atoms with E-state index in [9.17, 15) is 57.5 Å². The van der Waals surface area contributed by atoms with Crippen molar-refractivity contribution in [2.75, 3.05) is 116 Å². The van der Waals surface area contributed by atoms with Crippen LogP contribution in [0.3, 0.4) is 0 Å². The topological polar surface area (TPSA) is 270 Å². The number of nitrogens with one attached hydrogen (secondary N) is 3. The first kappa shape index (κ1) is 59.9. The standard InChI is InChI=1S/C48H80N12O12/c1-14-31(4)43-46(71)57(11)28-41(67)56(10)27-40(66)55(9)26-39(65)54(8)24-35(61)49-23-38(64)60-20-16-18-33(60)44(69)51-48(19-15-17-32(48)21-30(2)3)47(72)58(12)29-42(68)59(13)34(45(70)52(5)6)22-37(63)53(7)25-36(62)50-43/h30-34,43H,14-29H2,1-13H3,(H,49,61)(H,50,62)(H,51,69)/t31-,32?,33?,34?,43?,48?/m0/s1. The van der Waals surface area contributed by atoms with Crippen LogP contribution in [0, 0.1) is 17.8 Å². The lowest BCUT2D eigenvalue weighted by Crippen LogP contribution is -2.64. The molecular formula is C48H80N12O12. The number of hydrogen-bond acceptors (Lipinski definition) is 12. The van der Waals surface area contributed by atoms with Crippen LogP contribution in [0.15, 0.2) is 0 Å². The molecule has 1 saturated carbocycles. The molecule has 2 aliphatic heterocycles. The minimum absolute atomic E-state index is 0.125. The maximum atomic E-state index is 14.8. The molecule has 0 aromatic rings. The van der Waals surface area contributed by atoms with Crippen LogP contribution >= 0.6 is 0 Å². The van der Waals surface area contributed by atoms with Crippen molar-refractivity contribution in [3.63, 3.8) is 0 Å². The summed E-state index contributed by atoms with van der Waals surface area (Å²) < 4.78 is 0. The Morgan fingerprint density at radius 1 is 0.653 bits per heavy atom. The second kappa shape index (κ2) is 26.4. The molecule has 1 spiro atoms. The predicted octanol–water partition coefficient (Wildman–Crippen LogP) is -2.61. The maximum Gasteiger partial charge on any atom is 0.248 e. The number of hydrogen-bond donors (Lipinski definition) is 3. The van der Waals surface area contributed by atoms with Crippen molar-refractivity contribution < 1.29 is 57.5 Å². The molecule has 0 aromatic carbocycles. The summed E-state index contributed by atoms with van der Waals surface area (Å²) in [5.74, 6) is -8.17. The van der Waals surface area contributed by atoms with Gasteiger partial charge >= 0.3 is 0 Å². The molecular weight excluding hydrogens is 937 g/mol. The molecule has 6 atom stereocenters. The number of rotatable bonds is 5. The second-order valence-corrected chi connectivity index (χ2v) is 20.4. The molecule has 24 heteroatoms. The Labute approximate surface area is 423 Å². The summed E-state index contributed by atoms with van der Waals surface area (Å²) in [7, 11) is 12.4. The third-order valence-corrected chi connectivity index (χ3v) is 14.0. The van der Waals surface area contributed by atoms with Crippen LogP contribution in [0.4, 0.5) is 0 Å². The van der Waals surface area contributed by atoms with E-state index in [0.29, 0.717) is 32.1 Å². The summed E-state index contributed by atoms with van der Waals surface area (Å²) in [6, 6.07) is -3.47. The fourth-order valence-corrected chi connectivity index (χ4v) is 9.32. The lowest BCUT2D eigenvalue weighted by molar-refractivity contribution is -0.151. The van der Waals surface area contributed by atoms with E-state index >= 15 is 0 Å². The third-order valence-electron chi connectivity index (χ3n) is 14.0. The van der Waals surface area contributed by atoms with Gasteiger partial charge < -0.3 is 60.0 Å². The zero-order chi connectivity index (χ0) is 54.5. The van der Waals surface area contributed by atoms with Gasteiger partial charge in [-0.05, 0) is 49.9 Å². The van der Waals surface area contributed by atoms with Gasteiger partial charge in [0.05, 0.1) is 52.2 Å². The number of fused-ring (bicyclic) bond motifs is 1. The highest BCUT2D eigenvalue weighted by Gasteiger charge is 2.53. The number of carbonyl (C=O) groups is 12. The molecule has 24 nitrogen and oxygen atoms in total. The molecule has 0 aromatic heterocycles. The normalized spacial score (nSPS) is 26.3. The largest absolute Gasteiger partial charge is 0.347 e. The molecule has 72 heavy (non-hydrogen) atoms. The maximum absolute atomic E-state index is 14.8. The van der Waals surface area contributed by atoms with Crippen molar-refractivity contribution in [3.05, 3.63) is 0 Å². The SMILES string of the molecule is CC[C@H](C)C1NC(=O)CN(C)C(=O)CC(C(=O)N(C)C)N(C)C(=O)CN(C)C(=O)C2(CCCC2CC(C)C)NC(=O)C2CCCN2C(=O)CNC(=O)CN(C)C(=O)CN(C)C(=O)CN(C)C(=O)CN(C)C1=O. The summed E-state index contributed by atoms with van der Waals surface area (Å²) >= 11 is 0. The highest BCUT2D eigenvalue weighted by molar-refractivity contribution is 5.99. The Bertz CT molecular complexity index is 2070. The first-order valence-electron chi connectivity index (χ1n) is 24.7. The van der Waals surface area contributed by atoms with E-state index in [2.05, 4.69) is 16.0 Å². The van der Waals surface area contributed by atoms with Gasteiger partial charge in [0.1, 0.15) is 23.7 Å². The Morgan fingerprint density at radius 2 is 1.18 bits per heavy atom. The van der Waals surface area contributed by atoms with Crippen LogP contribution in [0.25, 0.3) is 0 Å². The summed E-state index contributed by atoms with van der Waals surface area (Å²) in [5.41, 5.74) is -1.45. The van der Waals surface area contributed by atoms with E-state index in [4.69, 9.17) is 0 Å². The minimum Gasteiger partial charge on any atom is -0.347 e. The first-order chi connectivity index (χ1) is 33.6. The van der Waals surface area contributed by atoms with Crippen LogP contribution in [-0.2, 0) is 57.5 Å². The lowest BCUT2D eigenvalue weighted by atomic mass is 9.80. The van der Waals surface area contributed by atoms with Crippen molar-refractivity contribution in [2.45, 2.75) is 103 Å². The zero-order valence-corrected chi connectivity index (χ0v) is 44.7. The summed E-state index contributed by atoms with van der Waals surface area (Å²) in [6.45, 7) is 4.30. The predicted molar refractivity (Wildman–Crippen MR) is 262 cm³/mol. The first-order valence-corrected chi connectivity index (χ1v) is 24.7. The Hall–Kier alpha value is -6.36. The molecule has 0 bridgehead atoms. The average Bonchev–Trinajstić information content (AvgIpc) is 3.97. The fourth-order valence-electron chi connectivity index (χ4n) is 9.32. The zero-order valence-electron chi connectivity index (χ0n) is 44.7. The van der Waals surface area contributed by atoms with Gasteiger partial charge in [0.15, 0.2) is 0 Å². The number of amides is 12. The van der Waals surface area contributed by atoms with E-state index in [1.807, 2.05) is 13.8 Å². The fraction of sp³-hybridized carbons (Fsp3) is 0.750. The van der Waals surface area contributed by atoms with Crippen LogP contribution in [0.5, 0.6) is 0 Å². The van der Waals surface area contributed by atoms with Crippen LogP contribution in [0.2, 0.25) is 0 Å². The van der Waals surface area contributed by atoms with E-state index < -0.39 is 153 Å². The molecule has 404 valence electrons. The number of carbonyl (C=O) groups excluding carboxylic acids is 12. The minimum atomic E-state index is -1.45. The van der Waals surface area contributed by atoms with E-state index in [-0.39, 0.29) is 31.2 Å². The van der Waals surface area contributed by atoms with Gasteiger partial charge in [0.2, 0.25) is 70.9 Å². The van der Waals surface area contributed by atoms with Gasteiger partial charge in [-0.1, -0.05) is 40.5 Å². The molecule has 12 amide bonds. The Kier molecular flexibility index (Phi) is 22.0. The van der Waals surface area contributed by atoms with Crippen LogP contribution < -0.4 is 16.0 Å². The molecule has 2 heterocycles. The van der Waals surface area contributed by atoms with E-state index in [1.165, 1.54) is 78.1 Å². The molecule has 2 saturated heterocycles. The highest BCUT2D eigenvalue weighted by atomic mass is 16.2. The quantitative estimate of drug-likeness (QED) is 0.256. The molecule has 3 fully saturated rings. The van der Waals surface area contributed by atoms with Crippen molar-refractivity contribution in [2.24, 2.45) is 17.8 Å². The molecule has 3 rings (SSSR count). The van der Waals surface area contributed by atoms with Gasteiger partial charge in [0.25, 0.3) is 0 Å². The third kappa shape index (κ3) is 15.6. The smallest absolute Gasteiger partial charge is 0.248 e. The monoisotopic (exact) mass is 1020 g/mol. The van der Waals surface area contributed by atoms with Crippen molar-refractivity contribution >= 4 is 70.9 Å². The molecule has 1 aliphatic carbocycles. The summed E-state index contributed by atoms with van der Waals surface area (Å²) in [4.78, 5) is 174. The lowest BCUT2D eigenvalue weighted by Gasteiger charge is -2.40. The van der Waals surface area contributed by atoms with Gasteiger partial charge in [0, 0.05) is 70.0 Å². The molecule has 0 radical (unpaired) electrons. The second-order valence-electron chi connectivity index (χ2n) is 20.4. The Balaban J connectivity index is 2.00. The van der Waals surface area contributed by atoms with Crippen molar-refractivity contribution in [3.8, 4) is 0 Å². The number of likely N-dealkylation sites (N-methyl/N-ethyl adjacent to an activating group) is 8. The number of nitrogens with zero attached hydrogens (tertiary/aromatic N) is 9. The van der Waals surface area contributed by atoms with Gasteiger partial charge in [-0.3, -0.25) is 57.5 Å². The van der Waals surface area contributed by atoms with E-state index in [1.54, 1.807) is 13.8 Å². The summed E-state index contributed by atoms with van der Waals surface area (Å²) in [5, 5.41) is 8.23. The molecule has 3 aliphatic rings. The van der Waals surface area contributed by atoms with Crippen LogP contribution in [0.1, 0.15) is 79.1 Å². The molecule has 3 N–H and O–H groups in total. The van der Waals surface area contributed by atoms with Crippen LogP contribution in [-0.4, -0.2) is 254 Å². The highest BCUT2D eigenvalue weighted by Crippen LogP contribution is 2.41. The van der Waals surface area contributed by atoms with Gasteiger partial charge in [-0.25, -0.2) is 0 Å². The summed E-state index contributed by atoms with van der Waals surface area (Å²) in [6.07, 6.45) is 2.66. The van der Waals surface area contributed by atoms with E-state index in [0.717, 1.165) is 29.4 Å². The van der Waals surface area contributed by atoms with Gasteiger partial charge in [-0.2, -0.15) is 0 Å². The van der Waals surface area contributed by atoms with Gasteiger partial charge in [-0.15, -0.1) is 0 Å². The van der Waals surface area contributed by atoms with Crippen molar-refractivity contribution in [1.29, 1.82) is 0 Å².